The van der Waals surface area contributed by atoms with Gasteiger partial charge in [0.05, 0.1) is 40.2 Å². The van der Waals surface area contributed by atoms with Crippen molar-refractivity contribution >= 4 is 37.4 Å². The number of anilines is 2. The Labute approximate surface area is 172 Å². The van der Waals surface area contributed by atoms with Gasteiger partial charge >= 0.3 is 6.09 Å². The van der Waals surface area contributed by atoms with Crippen molar-refractivity contribution in [3.8, 4) is 6.07 Å². The van der Waals surface area contributed by atoms with Crippen LogP contribution < -0.4 is 16.0 Å². The van der Waals surface area contributed by atoms with E-state index in [1.54, 1.807) is 12.1 Å². The summed E-state index contributed by atoms with van der Waals surface area (Å²) in [6, 6.07) is 5.06. The van der Waals surface area contributed by atoms with Gasteiger partial charge in [0, 0.05) is 13.1 Å². The van der Waals surface area contributed by atoms with Crippen LogP contribution in [0.1, 0.15) is 32.8 Å². The molecule has 2 atom stereocenters. The normalized spacial score (nSPS) is 20.5. The van der Waals surface area contributed by atoms with Crippen molar-refractivity contribution in [2.45, 2.75) is 57.5 Å². The molecule has 0 bridgehead atoms. The summed E-state index contributed by atoms with van der Waals surface area (Å²) in [6.07, 6.45) is -0.816. The van der Waals surface area contributed by atoms with E-state index >= 15 is 0 Å². The number of halogens is 1. The van der Waals surface area contributed by atoms with E-state index in [1.165, 1.54) is 0 Å². The maximum Gasteiger partial charge on any atom is 0.404 e. The molecule has 9 heteroatoms. The quantitative estimate of drug-likeness (QED) is 0.497. The molecule has 0 aromatic heterocycles. The molecule has 0 spiro atoms. The highest BCUT2D eigenvalue weighted by Gasteiger charge is 2.43. The minimum atomic E-state index is -2.13. The number of nitrogens with two attached hydrogens (primary N) is 1. The fourth-order valence-electron chi connectivity index (χ4n) is 3.06. The molecule has 2 rings (SSSR count). The second kappa shape index (κ2) is 8.19. The van der Waals surface area contributed by atoms with E-state index in [0.29, 0.717) is 41.5 Å². The molecule has 1 aromatic rings. The van der Waals surface area contributed by atoms with Crippen molar-refractivity contribution in [2.24, 2.45) is 0 Å². The van der Waals surface area contributed by atoms with Crippen LogP contribution in [0.3, 0.4) is 0 Å². The van der Waals surface area contributed by atoms with E-state index in [1.807, 2.05) is 4.90 Å². The highest BCUT2D eigenvalue weighted by molar-refractivity contribution is 6.74. The first-order chi connectivity index (χ1) is 12.9. The van der Waals surface area contributed by atoms with Gasteiger partial charge in [-0.05, 0) is 36.7 Å². The molecule has 0 radical (unpaired) electrons. The Balaban J connectivity index is 2.34. The molecule has 28 heavy (non-hydrogen) atoms. The first-order valence-corrected chi connectivity index (χ1v) is 12.6. The SMILES string of the molecule is CC(C)(C)[Si](C)(C)O[C@H]1CN(c2cc(C#N)cc(N)c2Cl)CC[C@H]1NC(=O)O. The van der Waals surface area contributed by atoms with E-state index in [4.69, 9.17) is 21.8 Å². The lowest BCUT2D eigenvalue weighted by Crippen LogP contribution is -2.59. The summed E-state index contributed by atoms with van der Waals surface area (Å²) < 4.78 is 6.57. The maximum atomic E-state index is 11.3. The monoisotopic (exact) mass is 424 g/mol. The molecule has 154 valence electrons. The van der Waals surface area contributed by atoms with Gasteiger partial charge in [-0.1, -0.05) is 32.4 Å². The molecular formula is C19H29ClN4O3Si. The minimum absolute atomic E-state index is 0.00809. The standard InChI is InChI=1S/C19H29ClN4O3Si/c1-19(2,3)28(4,5)27-16-11-24(7-6-14(16)23-18(25)26)15-9-12(10-21)8-13(22)17(15)20/h8-9,14,16,23H,6-7,11,22H2,1-5H3,(H,25,26)/t14-,16+/m1/s1. The summed E-state index contributed by atoms with van der Waals surface area (Å²) in [6.45, 7) is 11.8. The van der Waals surface area contributed by atoms with Crippen molar-refractivity contribution in [3.05, 3.63) is 22.7 Å². The number of hydrogen-bond acceptors (Lipinski definition) is 5. The molecule has 7 nitrogen and oxygen atoms in total. The van der Waals surface area contributed by atoms with Gasteiger partial charge in [0.25, 0.3) is 0 Å². The van der Waals surface area contributed by atoms with Crippen molar-refractivity contribution in [2.75, 3.05) is 23.7 Å². The Morgan fingerprint density at radius 1 is 1.46 bits per heavy atom. The molecule has 0 saturated carbocycles. The van der Waals surface area contributed by atoms with Gasteiger partial charge in [-0.3, -0.25) is 0 Å². The average Bonchev–Trinajstić information content (AvgIpc) is 2.57. The molecule has 4 N–H and O–H groups in total. The molecule has 0 aliphatic carbocycles. The summed E-state index contributed by atoms with van der Waals surface area (Å²) >= 11 is 6.41. The number of nitrogens with one attached hydrogen (secondary N) is 1. The average molecular weight is 425 g/mol. The number of rotatable bonds is 4. The molecule has 0 unspecified atom stereocenters. The van der Waals surface area contributed by atoms with Crippen LogP contribution in [0.4, 0.5) is 16.2 Å². The number of nitrogen functional groups attached to an aromatic ring is 1. The Morgan fingerprint density at radius 2 is 2.11 bits per heavy atom. The molecule has 1 amide bonds. The number of carbonyl (C=O) groups is 1. The van der Waals surface area contributed by atoms with Crippen LogP contribution >= 0.6 is 11.6 Å². The van der Waals surface area contributed by atoms with E-state index < -0.39 is 14.4 Å². The molecule has 1 aliphatic heterocycles. The van der Waals surface area contributed by atoms with E-state index in [0.717, 1.165) is 0 Å². The van der Waals surface area contributed by atoms with E-state index in [-0.39, 0.29) is 17.2 Å². The zero-order chi connectivity index (χ0) is 21.3. The Hall–Kier alpha value is -1.95. The summed E-state index contributed by atoms with van der Waals surface area (Å²) in [5.41, 5.74) is 7.43. The van der Waals surface area contributed by atoms with Crippen LogP contribution in [-0.2, 0) is 4.43 Å². The van der Waals surface area contributed by atoms with Crippen molar-refractivity contribution < 1.29 is 14.3 Å². The van der Waals surface area contributed by atoms with Gasteiger partial charge in [0.2, 0.25) is 0 Å². The Morgan fingerprint density at radius 3 is 2.64 bits per heavy atom. The fourth-order valence-corrected chi connectivity index (χ4v) is 4.64. The molecule has 1 saturated heterocycles. The van der Waals surface area contributed by atoms with Crippen molar-refractivity contribution in [3.63, 3.8) is 0 Å². The number of piperidine rings is 1. The fraction of sp³-hybridized carbons (Fsp3) is 0.579. The second-order valence-corrected chi connectivity index (χ2v) is 13.9. The molecular weight excluding hydrogens is 396 g/mol. The number of nitrogens with zero attached hydrogens (tertiary/aromatic N) is 2. The maximum absolute atomic E-state index is 11.3. The molecule has 1 aromatic carbocycles. The highest BCUT2D eigenvalue weighted by Crippen LogP contribution is 2.39. The summed E-state index contributed by atoms with van der Waals surface area (Å²) in [5, 5.41) is 21.5. The smallest absolute Gasteiger partial charge is 0.404 e. The topological polar surface area (TPSA) is 112 Å². The van der Waals surface area contributed by atoms with Crippen LogP contribution in [0, 0.1) is 11.3 Å². The second-order valence-electron chi connectivity index (χ2n) is 8.72. The van der Waals surface area contributed by atoms with Crippen LogP contribution in [0.2, 0.25) is 23.2 Å². The third kappa shape index (κ3) is 4.90. The number of hydrogen-bond donors (Lipinski definition) is 3. The highest BCUT2D eigenvalue weighted by atomic mass is 35.5. The van der Waals surface area contributed by atoms with Crippen LogP contribution in [0.25, 0.3) is 0 Å². The van der Waals surface area contributed by atoms with Crippen molar-refractivity contribution in [1.29, 1.82) is 5.26 Å². The number of carboxylic acid groups (broad SMARTS) is 1. The summed E-state index contributed by atoms with van der Waals surface area (Å²) in [5.74, 6) is 0. The number of nitriles is 1. The largest absolute Gasteiger partial charge is 0.465 e. The molecule has 1 heterocycles. The lowest BCUT2D eigenvalue weighted by atomic mass is 10.0. The van der Waals surface area contributed by atoms with E-state index in [2.05, 4.69) is 45.3 Å². The molecule has 1 fully saturated rings. The third-order valence-electron chi connectivity index (χ3n) is 5.67. The predicted octanol–water partition coefficient (Wildman–Crippen LogP) is 4.03. The van der Waals surface area contributed by atoms with Crippen LogP contribution in [0.5, 0.6) is 0 Å². The number of amides is 1. The first kappa shape index (κ1) is 22.3. The van der Waals surface area contributed by atoms with Gasteiger partial charge in [-0.2, -0.15) is 5.26 Å². The zero-order valence-electron chi connectivity index (χ0n) is 17.0. The molecule has 1 aliphatic rings. The Kier molecular flexibility index (Phi) is 6.54. The lowest BCUT2D eigenvalue weighted by molar-refractivity contribution is 0.115. The van der Waals surface area contributed by atoms with E-state index in [9.17, 15) is 15.2 Å². The van der Waals surface area contributed by atoms with Gasteiger partial charge < -0.3 is 25.5 Å². The zero-order valence-corrected chi connectivity index (χ0v) is 18.8. The number of benzene rings is 1. The van der Waals surface area contributed by atoms with Crippen molar-refractivity contribution in [1.82, 2.24) is 5.32 Å². The lowest BCUT2D eigenvalue weighted by Gasteiger charge is -2.46. The van der Waals surface area contributed by atoms with Gasteiger partial charge in [-0.15, -0.1) is 0 Å². The van der Waals surface area contributed by atoms with Gasteiger partial charge in [-0.25, -0.2) is 4.79 Å². The van der Waals surface area contributed by atoms with Gasteiger partial charge in [0.1, 0.15) is 0 Å². The third-order valence-corrected chi connectivity index (χ3v) is 10.6. The predicted molar refractivity (Wildman–Crippen MR) is 114 cm³/mol. The van der Waals surface area contributed by atoms with Gasteiger partial charge in [0.15, 0.2) is 8.32 Å². The Bertz CT molecular complexity index is 789. The summed E-state index contributed by atoms with van der Waals surface area (Å²) in [7, 11) is -2.13. The first-order valence-electron chi connectivity index (χ1n) is 9.27. The van der Waals surface area contributed by atoms with Crippen LogP contribution in [0.15, 0.2) is 12.1 Å². The minimum Gasteiger partial charge on any atom is -0.465 e. The van der Waals surface area contributed by atoms with Crippen LogP contribution in [-0.4, -0.2) is 44.8 Å². The summed E-state index contributed by atoms with van der Waals surface area (Å²) in [4.78, 5) is 13.3.